The smallest absolute Gasteiger partial charge is 0.288 e. The monoisotopic (exact) mass is 382 g/mol. The largest absolute Gasteiger partial charge is 0.486 e. The number of hydrogen-bond donors (Lipinski definition) is 2. The Kier molecular flexibility index (Phi) is 4.79. The molecule has 1 aromatic carbocycles. The van der Waals surface area contributed by atoms with Crippen LogP contribution in [0.5, 0.6) is 11.5 Å². The van der Waals surface area contributed by atoms with Crippen molar-refractivity contribution in [2.24, 2.45) is 5.92 Å². The maximum absolute atomic E-state index is 12.4. The molecular formula is C19H18N4O5. The number of amides is 3. The molecule has 0 spiro atoms. The summed E-state index contributed by atoms with van der Waals surface area (Å²) in [5.41, 5.74) is 5.51. The van der Waals surface area contributed by atoms with Crippen molar-refractivity contribution in [3.8, 4) is 11.5 Å². The first-order valence-corrected chi connectivity index (χ1v) is 8.83. The molecule has 28 heavy (non-hydrogen) atoms. The lowest BCUT2D eigenvalue weighted by Crippen LogP contribution is -2.45. The highest BCUT2D eigenvalue weighted by Crippen LogP contribution is 2.35. The van der Waals surface area contributed by atoms with Gasteiger partial charge in [0, 0.05) is 30.9 Å². The Labute approximate surface area is 160 Å². The highest BCUT2D eigenvalue weighted by atomic mass is 16.6. The average Bonchev–Trinajstić information content (AvgIpc) is 3.13. The molecule has 2 aliphatic heterocycles. The molecule has 4 rings (SSSR count). The van der Waals surface area contributed by atoms with E-state index in [2.05, 4.69) is 15.8 Å². The fourth-order valence-corrected chi connectivity index (χ4v) is 3.11. The number of rotatable bonds is 3. The van der Waals surface area contributed by atoms with Gasteiger partial charge in [0.2, 0.25) is 11.8 Å². The van der Waals surface area contributed by atoms with Crippen LogP contribution in [0, 0.1) is 5.92 Å². The van der Waals surface area contributed by atoms with Gasteiger partial charge in [0.1, 0.15) is 18.9 Å². The Morgan fingerprint density at radius 3 is 2.68 bits per heavy atom. The molecule has 1 fully saturated rings. The fourth-order valence-electron chi connectivity index (χ4n) is 3.11. The zero-order valence-corrected chi connectivity index (χ0v) is 14.9. The maximum atomic E-state index is 12.4. The SMILES string of the molecule is O=C(NNC(=O)[C@H]1CC(=O)N(c2ccc3c(c2)OCCO3)C1)c1ccccn1. The molecule has 2 aliphatic rings. The Morgan fingerprint density at radius 2 is 1.89 bits per heavy atom. The molecule has 9 nitrogen and oxygen atoms in total. The highest BCUT2D eigenvalue weighted by molar-refractivity contribution is 6.01. The van der Waals surface area contributed by atoms with Crippen molar-refractivity contribution < 1.29 is 23.9 Å². The molecule has 0 bridgehead atoms. The van der Waals surface area contributed by atoms with Gasteiger partial charge in [0.05, 0.1) is 5.92 Å². The lowest BCUT2D eigenvalue weighted by Gasteiger charge is -2.22. The minimum absolute atomic E-state index is 0.0553. The molecule has 0 unspecified atom stereocenters. The first kappa shape index (κ1) is 17.8. The minimum atomic E-state index is -0.579. The number of fused-ring (bicyclic) bond motifs is 1. The topological polar surface area (TPSA) is 110 Å². The number of benzene rings is 1. The summed E-state index contributed by atoms with van der Waals surface area (Å²) < 4.78 is 11.0. The molecule has 1 saturated heterocycles. The summed E-state index contributed by atoms with van der Waals surface area (Å²) in [5, 5.41) is 0. The van der Waals surface area contributed by atoms with E-state index >= 15 is 0 Å². The summed E-state index contributed by atoms with van der Waals surface area (Å²) in [5.74, 6) is -0.502. The van der Waals surface area contributed by atoms with Crippen molar-refractivity contribution in [3.05, 3.63) is 48.3 Å². The number of nitrogens with zero attached hydrogens (tertiary/aromatic N) is 2. The van der Waals surface area contributed by atoms with Crippen molar-refractivity contribution >= 4 is 23.4 Å². The van der Waals surface area contributed by atoms with Crippen molar-refractivity contribution in [3.63, 3.8) is 0 Å². The number of carbonyl (C=O) groups is 3. The number of hydrogen-bond acceptors (Lipinski definition) is 6. The number of ether oxygens (including phenoxy) is 2. The van der Waals surface area contributed by atoms with Crippen LogP contribution in [0.4, 0.5) is 5.69 Å². The van der Waals surface area contributed by atoms with Crippen molar-refractivity contribution in [1.29, 1.82) is 0 Å². The summed E-state index contributed by atoms with van der Waals surface area (Å²) >= 11 is 0. The Hall–Kier alpha value is -3.62. The highest BCUT2D eigenvalue weighted by Gasteiger charge is 2.35. The number of pyridine rings is 1. The van der Waals surface area contributed by atoms with Gasteiger partial charge >= 0.3 is 0 Å². The third-order valence-electron chi connectivity index (χ3n) is 4.53. The van der Waals surface area contributed by atoms with Gasteiger partial charge in [-0.05, 0) is 24.3 Å². The van der Waals surface area contributed by atoms with Crippen LogP contribution in [0.1, 0.15) is 16.9 Å². The Morgan fingerprint density at radius 1 is 1.07 bits per heavy atom. The standard InChI is InChI=1S/C19H18N4O5/c24-17-9-12(18(25)21-22-19(26)14-3-1-2-6-20-14)11-23(17)13-4-5-15-16(10-13)28-8-7-27-15/h1-6,10,12H,7-9,11H2,(H,21,25)(H,22,26)/t12-/m0/s1. The molecule has 0 saturated carbocycles. The number of aromatic nitrogens is 1. The average molecular weight is 382 g/mol. The van der Waals surface area contributed by atoms with Crippen molar-refractivity contribution in [2.45, 2.75) is 6.42 Å². The van der Waals surface area contributed by atoms with Gasteiger partial charge < -0.3 is 14.4 Å². The summed E-state index contributed by atoms with van der Waals surface area (Å²) in [7, 11) is 0. The molecule has 9 heteroatoms. The van der Waals surface area contributed by atoms with Gasteiger partial charge in [-0.2, -0.15) is 0 Å². The zero-order chi connectivity index (χ0) is 19.5. The second kappa shape index (κ2) is 7.55. The van der Waals surface area contributed by atoms with Gasteiger partial charge in [0.15, 0.2) is 11.5 Å². The van der Waals surface area contributed by atoms with E-state index in [4.69, 9.17) is 9.47 Å². The molecule has 3 heterocycles. The van der Waals surface area contributed by atoms with Crippen molar-refractivity contribution in [2.75, 3.05) is 24.7 Å². The van der Waals surface area contributed by atoms with Crippen LogP contribution in [0.3, 0.4) is 0 Å². The van der Waals surface area contributed by atoms with E-state index in [1.807, 2.05) is 0 Å². The maximum Gasteiger partial charge on any atom is 0.288 e. The van der Waals surface area contributed by atoms with Crippen molar-refractivity contribution in [1.82, 2.24) is 15.8 Å². The van der Waals surface area contributed by atoms with E-state index in [-0.39, 0.29) is 24.6 Å². The van der Waals surface area contributed by atoms with Gasteiger partial charge in [-0.3, -0.25) is 30.2 Å². The number of nitrogens with one attached hydrogen (secondary N) is 2. The third kappa shape index (κ3) is 3.59. The van der Waals surface area contributed by atoms with E-state index in [0.29, 0.717) is 30.4 Å². The Bertz CT molecular complexity index is 918. The predicted octanol–water partition coefficient (Wildman–Crippen LogP) is 0.667. The molecule has 1 aromatic heterocycles. The Balaban J connectivity index is 1.37. The lowest BCUT2D eigenvalue weighted by molar-refractivity contribution is -0.126. The van der Waals surface area contributed by atoms with Crippen LogP contribution in [0.15, 0.2) is 42.6 Å². The van der Waals surface area contributed by atoms with E-state index in [1.54, 1.807) is 30.3 Å². The zero-order valence-electron chi connectivity index (χ0n) is 14.9. The third-order valence-corrected chi connectivity index (χ3v) is 4.53. The molecule has 1 atom stereocenters. The van der Waals surface area contributed by atoms with Crippen LogP contribution in [-0.4, -0.2) is 42.5 Å². The van der Waals surface area contributed by atoms with E-state index in [1.165, 1.54) is 17.2 Å². The first-order valence-electron chi connectivity index (χ1n) is 8.83. The molecule has 2 N–H and O–H groups in total. The van der Waals surface area contributed by atoms with Crippen LogP contribution in [-0.2, 0) is 9.59 Å². The second-order valence-corrected chi connectivity index (χ2v) is 6.39. The quantitative estimate of drug-likeness (QED) is 0.755. The number of carbonyl (C=O) groups excluding carboxylic acids is 3. The second-order valence-electron chi connectivity index (χ2n) is 6.39. The van der Waals surface area contributed by atoms with Gasteiger partial charge in [-0.25, -0.2) is 0 Å². The van der Waals surface area contributed by atoms with Crippen LogP contribution in [0.25, 0.3) is 0 Å². The van der Waals surface area contributed by atoms with Crippen LogP contribution < -0.4 is 25.2 Å². The molecule has 144 valence electrons. The molecule has 0 aliphatic carbocycles. The summed E-state index contributed by atoms with van der Waals surface area (Å²) in [4.78, 5) is 42.2. The van der Waals surface area contributed by atoms with Gasteiger partial charge in [-0.1, -0.05) is 6.07 Å². The van der Waals surface area contributed by atoms with Crippen LogP contribution >= 0.6 is 0 Å². The molecule has 3 amide bonds. The van der Waals surface area contributed by atoms with E-state index in [9.17, 15) is 14.4 Å². The van der Waals surface area contributed by atoms with E-state index in [0.717, 1.165) is 0 Å². The van der Waals surface area contributed by atoms with Gasteiger partial charge in [0.25, 0.3) is 5.91 Å². The fraction of sp³-hybridized carbons (Fsp3) is 0.263. The summed E-state index contributed by atoms with van der Waals surface area (Å²) in [6.45, 7) is 1.15. The first-order chi connectivity index (χ1) is 13.6. The van der Waals surface area contributed by atoms with E-state index < -0.39 is 17.7 Å². The molecule has 2 aromatic rings. The van der Waals surface area contributed by atoms with Crippen LogP contribution in [0.2, 0.25) is 0 Å². The molecule has 0 radical (unpaired) electrons. The summed E-state index contributed by atoms with van der Waals surface area (Å²) in [6, 6.07) is 10.1. The van der Waals surface area contributed by atoms with Gasteiger partial charge in [-0.15, -0.1) is 0 Å². The minimum Gasteiger partial charge on any atom is -0.486 e. The predicted molar refractivity (Wildman–Crippen MR) is 97.7 cm³/mol. The molecular weight excluding hydrogens is 364 g/mol. The lowest BCUT2D eigenvalue weighted by atomic mass is 10.1. The normalized spacial score (nSPS) is 17.9. The number of hydrazine groups is 1. The number of anilines is 1. The summed E-state index contributed by atoms with van der Waals surface area (Å²) in [6.07, 6.45) is 1.54.